The number of rotatable bonds is 7. The molecule has 1 fully saturated rings. The van der Waals surface area contributed by atoms with Gasteiger partial charge in [0.2, 0.25) is 11.5 Å². The van der Waals surface area contributed by atoms with Crippen LogP contribution in [0.5, 0.6) is 11.5 Å². The van der Waals surface area contributed by atoms with Gasteiger partial charge in [0.1, 0.15) is 22.5 Å². The maximum atomic E-state index is 14.7. The maximum Gasteiger partial charge on any atom is 0.350 e. The molecule has 4 aromatic carbocycles. The van der Waals surface area contributed by atoms with Gasteiger partial charge in [0.05, 0.1) is 6.61 Å². The molecule has 0 radical (unpaired) electrons. The Bertz CT molecular complexity index is 1670. The fourth-order valence-electron chi connectivity index (χ4n) is 7.75. The summed E-state index contributed by atoms with van der Waals surface area (Å²) < 4.78 is 18.7. The number of para-hydroxylation sites is 1. The van der Waals surface area contributed by atoms with Crippen LogP contribution in [0.1, 0.15) is 68.2 Å². The van der Waals surface area contributed by atoms with E-state index in [9.17, 15) is 9.59 Å². The molecule has 1 saturated carbocycles. The fraction of sp³-hybridized carbons (Fsp3) is 0.316. The molecule has 1 spiro atoms. The van der Waals surface area contributed by atoms with E-state index in [0.717, 1.165) is 34.4 Å². The smallest absolute Gasteiger partial charge is 0.350 e. The molecule has 0 bridgehead atoms. The van der Waals surface area contributed by atoms with Crippen molar-refractivity contribution in [3.05, 3.63) is 125 Å². The predicted octanol–water partition coefficient (Wildman–Crippen LogP) is 7.41. The first kappa shape index (κ1) is 28.2. The van der Waals surface area contributed by atoms with Gasteiger partial charge < -0.3 is 19.5 Å². The molecule has 6 nitrogen and oxygen atoms in total. The normalized spacial score (nSPS) is 22.3. The summed E-state index contributed by atoms with van der Waals surface area (Å²) in [5, 5.41) is 3.24. The molecule has 1 aliphatic carbocycles. The highest BCUT2D eigenvalue weighted by Crippen LogP contribution is 2.62. The number of amides is 1. The number of ether oxygens (including phenoxy) is 3. The Hall–Kier alpha value is -4.58. The lowest BCUT2D eigenvalue weighted by atomic mass is 9.54. The molecule has 0 aromatic heterocycles. The summed E-state index contributed by atoms with van der Waals surface area (Å²) in [5.74, 6) is 0.188. The third-order valence-corrected chi connectivity index (χ3v) is 9.70. The zero-order valence-electron chi connectivity index (χ0n) is 25.3. The summed E-state index contributed by atoms with van der Waals surface area (Å²) >= 11 is 0. The number of esters is 1. The van der Waals surface area contributed by atoms with Crippen LogP contribution in [0.4, 0.5) is 5.69 Å². The zero-order valence-corrected chi connectivity index (χ0v) is 25.3. The SMILES string of the molecule is CCOC(=O)C1(Oc2ccc3c(c2)OC(C)(C)C(C(c2ccccc2)c2ccccc2)[C@]32C(=O)Nc3ccccc32)CCC1. The number of carbonyl (C=O) groups is 2. The van der Waals surface area contributed by atoms with Crippen molar-refractivity contribution in [2.45, 2.75) is 62.6 Å². The van der Waals surface area contributed by atoms with Crippen LogP contribution in [0.3, 0.4) is 0 Å². The minimum absolute atomic E-state index is 0.0751. The second kappa shape index (κ2) is 10.5. The van der Waals surface area contributed by atoms with E-state index in [1.165, 1.54) is 0 Å². The molecular weight excluding hydrogens is 550 g/mol. The van der Waals surface area contributed by atoms with E-state index in [0.29, 0.717) is 30.9 Å². The summed E-state index contributed by atoms with van der Waals surface area (Å²) in [6.07, 6.45) is 2.11. The van der Waals surface area contributed by atoms with Crippen LogP contribution >= 0.6 is 0 Å². The first-order chi connectivity index (χ1) is 21.3. The number of anilines is 1. The average molecular weight is 588 g/mol. The Morgan fingerprint density at radius 3 is 2.14 bits per heavy atom. The Kier molecular flexibility index (Phi) is 6.76. The minimum atomic E-state index is -1.07. The first-order valence-corrected chi connectivity index (χ1v) is 15.5. The quantitative estimate of drug-likeness (QED) is 0.228. The Labute approximate surface area is 258 Å². The molecule has 1 unspecified atom stereocenters. The molecule has 2 heterocycles. The van der Waals surface area contributed by atoms with Gasteiger partial charge in [-0.2, -0.15) is 0 Å². The third-order valence-electron chi connectivity index (χ3n) is 9.70. The molecule has 2 aliphatic heterocycles. The van der Waals surface area contributed by atoms with Crippen LogP contribution in [0.2, 0.25) is 0 Å². The number of benzene rings is 4. The fourth-order valence-corrected chi connectivity index (χ4v) is 7.75. The topological polar surface area (TPSA) is 73.9 Å². The van der Waals surface area contributed by atoms with E-state index >= 15 is 0 Å². The largest absolute Gasteiger partial charge is 0.487 e. The van der Waals surface area contributed by atoms with Gasteiger partial charge in [-0.25, -0.2) is 4.79 Å². The van der Waals surface area contributed by atoms with Crippen molar-refractivity contribution < 1.29 is 23.8 Å². The zero-order chi connectivity index (χ0) is 30.5. The van der Waals surface area contributed by atoms with Crippen molar-refractivity contribution in [2.24, 2.45) is 5.92 Å². The van der Waals surface area contributed by atoms with E-state index in [1.807, 2.05) is 48.5 Å². The molecular formula is C38H37NO5. The van der Waals surface area contributed by atoms with Gasteiger partial charge in [0, 0.05) is 29.2 Å². The Morgan fingerprint density at radius 1 is 0.886 bits per heavy atom. The highest BCUT2D eigenvalue weighted by atomic mass is 16.6. The molecule has 6 heteroatoms. The van der Waals surface area contributed by atoms with E-state index in [4.69, 9.17) is 14.2 Å². The van der Waals surface area contributed by atoms with Crippen molar-refractivity contribution in [3.63, 3.8) is 0 Å². The van der Waals surface area contributed by atoms with Gasteiger partial charge >= 0.3 is 5.97 Å². The van der Waals surface area contributed by atoms with Gasteiger partial charge in [0.15, 0.2) is 0 Å². The number of carbonyl (C=O) groups excluding carboxylic acids is 2. The third kappa shape index (κ3) is 4.22. The van der Waals surface area contributed by atoms with Gasteiger partial charge in [-0.05, 0) is 68.9 Å². The molecule has 3 aliphatic rings. The Morgan fingerprint density at radius 2 is 1.52 bits per heavy atom. The number of fused-ring (bicyclic) bond motifs is 4. The highest BCUT2D eigenvalue weighted by Gasteiger charge is 2.64. The van der Waals surface area contributed by atoms with Gasteiger partial charge in [0.25, 0.3) is 0 Å². The number of hydrogen-bond donors (Lipinski definition) is 1. The van der Waals surface area contributed by atoms with Crippen LogP contribution < -0.4 is 14.8 Å². The second-order valence-corrected chi connectivity index (χ2v) is 12.6. The van der Waals surface area contributed by atoms with E-state index in [2.05, 4.69) is 73.8 Å². The molecule has 224 valence electrons. The van der Waals surface area contributed by atoms with Crippen molar-refractivity contribution in [1.82, 2.24) is 0 Å². The van der Waals surface area contributed by atoms with Crippen LogP contribution in [0, 0.1) is 5.92 Å². The summed E-state index contributed by atoms with van der Waals surface area (Å²) in [4.78, 5) is 27.6. The van der Waals surface area contributed by atoms with Gasteiger partial charge in [-0.3, -0.25) is 4.79 Å². The summed E-state index contributed by atoms with van der Waals surface area (Å²) in [6, 6.07) is 34.5. The van der Waals surface area contributed by atoms with Crippen molar-refractivity contribution in [1.29, 1.82) is 0 Å². The molecule has 44 heavy (non-hydrogen) atoms. The molecule has 1 N–H and O–H groups in total. The van der Waals surface area contributed by atoms with Crippen LogP contribution in [0.25, 0.3) is 0 Å². The van der Waals surface area contributed by atoms with Crippen LogP contribution in [-0.4, -0.2) is 29.7 Å². The lowest BCUT2D eigenvalue weighted by Crippen LogP contribution is -2.59. The lowest BCUT2D eigenvalue weighted by Gasteiger charge is -2.53. The highest BCUT2D eigenvalue weighted by molar-refractivity contribution is 6.10. The summed E-state index contributed by atoms with van der Waals surface area (Å²) in [5.41, 5.74) is 1.87. The number of nitrogens with one attached hydrogen (secondary N) is 1. The minimum Gasteiger partial charge on any atom is -0.487 e. The Balaban J connectivity index is 1.44. The average Bonchev–Trinajstić information content (AvgIpc) is 3.29. The second-order valence-electron chi connectivity index (χ2n) is 12.6. The monoisotopic (exact) mass is 587 g/mol. The first-order valence-electron chi connectivity index (χ1n) is 15.5. The van der Waals surface area contributed by atoms with Crippen molar-refractivity contribution in [3.8, 4) is 11.5 Å². The molecule has 4 aromatic rings. The summed E-state index contributed by atoms with van der Waals surface area (Å²) in [7, 11) is 0. The number of hydrogen-bond acceptors (Lipinski definition) is 5. The molecule has 1 amide bonds. The maximum absolute atomic E-state index is 14.7. The van der Waals surface area contributed by atoms with Gasteiger partial charge in [-0.15, -0.1) is 0 Å². The molecule has 2 atom stereocenters. The van der Waals surface area contributed by atoms with E-state index < -0.39 is 16.6 Å². The summed E-state index contributed by atoms with van der Waals surface area (Å²) in [6.45, 7) is 6.26. The standard InChI is InChI=1S/C38H37NO5/c1-4-42-35(41)37(22-13-23-37)43-27-20-21-29-31(24-27)44-36(2,3)33(38(29)28-18-11-12-19-30(28)39-34(38)40)32(25-14-7-5-8-15-25)26-16-9-6-10-17-26/h5-12,14-21,24,32-33H,4,13,22-23H2,1-3H3,(H,39,40)/t33?,38-/m1/s1. The van der Waals surface area contributed by atoms with Crippen molar-refractivity contribution in [2.75, 3.05) is 11.9 Å². The van der Waals surface area contributed by atoms with Gasteiger partial charge in [-0.1, -0.05) is 84.9 Å². The van der Waals surface area contributed by atoms with E-state index in [-0.39, 0.29) is 23.7 Å². The van der Waals surface area contributed by atoms with Crippen LogP contribution in [0.15, 0.2) is 103 Å². The molecule has 0 saturated heterocycles. The van der Waals surface area contributed by atoms with Crippen LogP contribution in [-0.2, 0) is 19.7 Å². The molecule has 7 rings (SSSR count). The van der Waals surface area contributed by atoms with Crippen molar-refractivity contribution >= 4 is 17.6 Å². The van der Waals surface area contributed by atoms with E-state index in [1.54, 1.807) is 6.92 Å². The predicted molar refractivity (Wildman–Crippen MR) is 169 cm³/mol. The lowest BCUT2D eigenvalue weighted by molar-refractivity contribution is -0.169.